The number of aliphatic hydroxyl groups is 1. The third-order valence-electron chi connectivity index (χ3n) is 3.69. The molecule has 2 rings (SSSR count). The van der Waals surface area contributed by atoms with Gasteiger partial charge in [-0.05, 0) is 36.6 Å². The molecule has 0 aliphatic heterocycles. The summed E-state index contributed by atoms with van der Waals surface area (Å²) in [6, 6.07) is 17.5. The van der Waals surface area contributed by atoms with E-state index in [1.165, 1.54) is 0 Å². The van der Waals surface area contributed by atoms with Crippen LogP contribution < -0.4 is 11.1 Å². The molecule has 0 fully saturated rings. The first-order valence-electron chi connectivity index (χ1n) is 7.58. The van der Waals surface area contributed by atoms with E-state index < -0.39 is 6.10 Å². The lowest BCUT2D eigenvalue weighted by Crippen LogP contribution is -2.43. The summed E-state index contributed by atoms with van der Waals surface area (Å²) in [5.41, 5.74) is 8.31. The number of benzene rings is 2. The monoisotopic (exact) mass is 390 g/mol. The molecule has 0 unspecified atom stereocenters. The molecule has 0 saturated heterocycles. The average molecular weight is 392 g/mol. The van der Waals surface area contributed by atoms with Crippen LogP contribution in [0.15, 0.2) is 54.6 Å². The normalized spacial score (nSPS) is 12.6. The van der Waals surface area contributed by atoms with Crippen molar-refractivity contribution in [2.75, 3.05) is 13.1 Å². The SMILES string of the molecule is Cl.Cl.N[C@@H](Cc1ccccc1)[C@H](O)CNCCc1ccccc1Cl. The van der Waals surface area contributed by atoms with Gasteiger partial charge in [-0.1, -0.05) is 60.1 Å². The van der Waals surface area contributed by atoms with Gasteiger partial charge in [0.2, 0.25) is 0 Å². The van der Waals surface area contributed by atoms with Crippen molar-refractivity contribution < 1.29 is 5.11 Å². The number of rotatable bonds is 8. The second-order valence-electron chi connectivity index (χ2n) is 5.47. The largest absolute Gasteiger partial charge is 0.390 e. The van der Waals surface area contributed by atoms with E-state index in [1.807, 2.05) is 54.6 Å². The van der Waals surface area contributed by atoms with Crippen LogP contribution in [0.2, 0.25) is 5.02 Å². The predicted octanol–water partition coefficient (Wildman–Crippen LogP) is 3.25. The molecule has 3 nitrogen and oxygen atoms in total. The van der Waals surface area contributed by atoms with E-state index in [2.05, 4.69) is 5.32 Å². The molecule has 0 radical (unpaired) electrons. The van der Waals surface area contributed by atoms with Gasteiger partial charge in [0.05, 0.1) is 6.10 Å². The van der Waals surface area contributed by atoms with Crippen LogP contribution in [0.1, 0.15) is 11.1 Å². The van der Waals surface area contributed by atoms with Gasteiger partial charge in [-0.2, -0.15) is 0 Å². The van der Waals surface area contributed by atoms with Gasteiger partial charge in [-0.3, -0.25) is 0 Å². The molecule has 0 saturated carbocycles. The molecule has 0 spiro atoms. The van der Waals surface area contributed by atoms with E-state index in [4.69, 9.17) is 17.3 Å². The van der Waals surface area contributed by atoms with E-state index in [9.17, 15) is 5.11 Å². The van der Waals surface area contributed by atoms with Crippen molar-refractivity contribution >= 4 is 36.4 Å². The lowest BCUT2D eigenvalue weighted by molar-refractivity contribution is 0.142. The lowest BCUT2D eigenvalue weighted by atomic mass is 10.0. The van der Waals surface area contributed by atoms with Gasteiger partial charge < -0.3 is 16.2 Å². The molecule has 2 aromatic rings. The zero-order valence-electron chi connectivity index (χ0n) is 13.4. The van der Waals surface area contributed by atoms with Crippen molar-refractivity contribution in [1.29, 1.82) is 0 Å². The minimum Gasteiger partial charge on any atom is -0.390 e. The topological polar surface area (TPSA) is 58.3 Å². The van der Waals surface area contributed by atoms with Crippen molar-refractivity contribution in [3.8, 4) is 0 Å². The van der Waals surface area contributed by atoms with Crippen LogP contribution in [0.5, 0.6) is 0 Å². The number of hydrogen-bond acceptors (Lipinski definition) is 3. The van der Waals surface area contributed by atoms with E-state index >= 15 is 0 Å². The van der Waals surface area contributed by atoms with Gasteiger partial charge in [0.1, 0.15) is 0 Å². The molecule has 4 N–H and O–H groups in total. The van der Waals surface area contributed by atoms with Gasteiger partial charge in [-0.25, -0.2) is 0 Å². The molecule has 0 aromatic heterocycles. The average Bonchev–Trinajstić information content (AvgIpc) is 2.53. The molecule has 24 heavy (non-hydrogen) atoms. The fourth-order valence-electron chi connectivity index (χ4n) is 2.35. The highest BCUT2D eigenvalue weighted by Crippen LogP contribution is 2.14. The van der Waals surface area contributed by atoms with Gasteiger partial charge in [0.25, 0.3) is 0 Å². The first-order chi connectivity index (χ1) is 10.7. The fraction of sp³-hybridized carbons (Fsp3) is 0.333. The summed E-state index contributed by atoms with van der Waals surface area (Å²) in [6.45, 7) is 1.25. The third-order valence-corrected chi connectivity index (χ3v) is 4.06. The number of nitrogens with two attached hydrogens (primary N) is 1. The second kappa shape index (κ2) is 12.5. The highest BCUT2D eigenvalue weighted by molar-refractivity contribution is 6.31. The van der Waals surface area contributed by atoms with Crippen LogP contribution in [-0.2, 0) is 12.8 Å². The Balaban J connectivity index is 0.00000264. The summed E-state index contributed by atoms with van der Waals surface area (Å²) < 4.78 is 0. The van der Waals surface area contributed by atoms with Crippen LogP contribution in [-0.4, -0.2) is 30.3 Å². The molecule has 6 heteroatoms. The van der Waals surface area contributed by atoms with Crippen LogP contribution in [0.4, 0.5) is 0 Å². The Morgan fingerprint density at radius 1 is 1.00 bits per heavy atom. The van der Waals surface area contributed by atoms with Crippen LogP contribution in [0, 0.1) is 0 Å². The molecule has 2 atom stereocenters. The lowest BCUT2D eigenvalue weighted by Gasteiger charge is -2.19. The fourth-order valence-corrected chi connectivity index (χ4v) is 2.58. The number of nitrogens with one attached hydrogen (secondary N) is 1. The van der Waals surface area contributed by atoms with E-state index in [0.717, 1.165) is 29.1 Å². The van der Waals surface area contributed by atoms with Crippen molar-refractivity contribution in [2.24, 2.45) is 5.73 Å². The Morgan fingerprint density at radius 3 is 2.29 bits per heavy atom. The first kappa shape index (κ1) is 23.2. The summed E-state index contributed by atoms with van der Waals surface area (Å²) in [5.74, 6) is 0. The maximum absolute atomic E-state index is 10.1. The Labute approximate surface area is 161 Å². The first-order valence-corrected chi connectivity index (χ1v) is 7.96. The van der Waals surface area contributed by atoms with Crippen molar-refractivity contribution in [2.45, 2.75) is 25.0 Å². The molecule has 0 aliphatic rings. The van der Waals surface area contributed by atoms with Crippen LogP contribution >= 0.6 is 36.4 Å². The molecule has 0 heterocycles. The third kappa shape index (κ3) is 7.84. The Hall–Kier alpha value is -0.810. The summed E-state index contributed by atoms with van der Waals surface area (Å²) in [5, 5.41) is 14.1. The molecular formula is C18H25Cl3N2O. The number of aliphatic hydroxyl groups excluding tert-OH is 1. The Bertz CT molecular complexity index is 569. The quantitative estimate of drug-likeness (QED) is 0.605. The Kier molecular flexibility index (Phi) is 12.1. The number of hydrogen-bond donors (Lipinski definition) is 3. The molecule has 2 aromatic carbocycles. The zero-order chi connectivity index (χ0) is 15.8. The minimum absolute atomic E-state index is 0. The standard InChI is InChI=1S/C18H23ClN2O.2ClH/c19-16-9-5-4-8-15(16)10-11-21-13-18(22)17(20)12-14-6-2-1-3-7-14;;/h1-9,17-18,21-22H,10-13,20H2;2*1H/t17-,18+;;/m0../s1. The minimum atomic E-state index is -0.563. The summed E-state index contributed by atoms with van der Waals surface area (Å²) >= 11 is 6.11. The maximum atomic E-state index is 10.1. The summed E-state index contributed by atoms with van der Waals surface area (Å²) in [4.78, 5) is 0. The second-order valence-corrected chi connectivity index (χ2v) is 5.87. The van der Waals surface area contributed by atoms with Crippen molar-refractivity contribution in [1.82, 2.24) is 5.32 Å². The van der Waals surface area contributed by atoms with Gasteiger partial charge in [-0.15, -0.1) is 24.8 Å². The maximum Gasteiger partial charge on any atom is 0.0818 e. The van der Waals surface area contributed by atoms with E-state index in [-0.39, 0.29) is 30.9 Å². The van der Waals surface area contributed by atoms with Crippen molar-refractivity contribution in [3.05, 3.63) is 70.7 Å². The Morgan fingerprint density at radius 2 is 1.62 bits per heavy atom. The highest BCUT2D eigenvalue weighted by Gasteiger charge is 2.14. The van der Waals surface area contributed by atoms with Crippen LogP contribution in [0.25, 0.3) is 0 Å². The summed E-state index contributed by atoms with van der Waals surface area (Å²) in [7, 11) is 0. The number of halogens is 3. The van der Waals surface area contributed by atoms with Crippen LogP contribution in [0.3, 0.4) is 0 Å². The van der Waals surface area contributed by atoms with E-state index in [1.54, 1.807) is 0 Å². The van der Waals surface area contributed by atoms with Gasteiger partial charge >= 0.3 is 0 Å². The predicted molar refractivity (Wildman–Crippen MR) is 107 cm³/mol. The van der Waals surface area contributed by atoms with Gasteiger partial charge in [0, 0.05) is 17.6 Å². The molecule has 0 amide bonds. The van der Waals surface area contributed by atoms with E-state index in [0.29, 0.717) is 13.0 Å². The van der Waals surface area contributed by atoms with Crippen molar-refractivity contribution in [3.63, 3.8) is 0 Å². The zero-order valence-corrected chi connectivity index (χ0v) is 15.8. The molecule has 0 bridgehead atoms. The highest BCUT2D eigenvalue weighted by atomic mass is 35.5. The van der Waals surface area contributed by atoms with Gasteiger partial charge in [0.15, 0.2) is 0 Å². The molecule has 0 aliphatic carbocycles. The summed E-state index contributed by atoms with van der Waals surface area (Å²) in [6.07, 6.45) is 0.945. The smallest absolute Gasteiger partial charge is 0.0818 e. The molecular weight excluding hydrogens is 367 g/mol. The molecule has 134 valence electrons.